The Labute approximate surface area is 122 Å². The third-order valence-electron chi connectivity index (χ3n) is 3.17. The largest absolute Gasteiger partial charge is 0.371 e. The fourth-order valence-electron chi connectivity index (χ4n) is 2.16. The van der Waals surface area contributed by atoms with Gasteiger partial charge in [0.1, 0.15) is 0 Å². The lowest BCUT2D eigenvalue weighted by molar-refractivity contribution is 0.474. The van der Waals surface area contributed by atoms with Crippen molar-refractivity contribution < 1.29 is 0 Å². The molecule has 106 valence electrons. The highest BCUT2D eigenvalue weighted by Gasteiger charge is 2.07. The zero-order valence-corrected chi connectivity index (χ0v) is 13.2. The lowest BCUT2D eigenvalue weighted by Crippen LogP contribution is -2.29. The van der Waals surface area contributed by atoms with Crippen molar-refractivity contribution in [1.82, 2.24) is 4.90 Å². The number of allylic oxidation sites excluding steroid dienone is 2. The van der Waals surface area contributed by atoms with Crippen LogP contribution in [0.5, 0.6) is 0 Å². The SMILES string of the molecule is C=C(C)CN(C)C(=C)C(/C=C\C)=c1\cc(C)ccc1=C. The molecule has 1 aromatic carbocycles. The number of hydrogen-bond donors (Lipinski definition) is 0. The highest BCUT2D eigenvalue weighted by Crippen LogP contribution is 2.14. The maximum atomic E-state index is 4.24. The van der Waals surface area contributed by atoms with Gasteiger partial charge in [-0.15, -0.1) is 0 Å². The summed E-state index contributed by atoms with van der Waals surface area (Å²) >= 11 is 0. The predicted octanol–water partition coefficient (Wildman–Crippen LogP) is 3.15. The fraction of sp³-hybridized carbons (Fsp3) is 0.263. The molecule has 0 fully saturated rings. The Balaban J connectivity index is 3.45. The Morgan fingerprint density at radius 1 is 1.30 bits per heavy atom. The summed E-state index contributed by atoms with van der Waals surface area (Å²) in [6.45, 7) is 19.3. The van der Waals surface area contributed by atoms with Gasteiger partial charge in [-0.05, 0) is 31.2 Å². The van der Waals surface area contributed by atoms with E-state index in [9.17, 15) is 0 Å². The molecule has 1 rings (SSSR count). The van der Waals surface area contributed by atoms with E-state index in [1.807, 2.05) is 27.0 Å². The van der Waals surface area contributed by atoms with Crippen LogP contribution in [0.2, 0.25) is 0 Å². The van der Waals surface area contributed by atoms with Crippen LogP contribution < -0.4 is 10.4 Å². The van der Waals surface area contributed by atoms with Crippen molar-refractivity contribution in [1.29, 1.82) is 0 Å². The van der Waals surface area contributed by atoms with Crippen LogP contribution in [-0.2, 0) is 0 Å². The molecule has 1 heteroatoms. The molecule has 1 nitrogen and oxygen atoms in total. The molecule has 0 heterocycles. The maximum Gasteiger partial charge on any atom is 0.0380 e. The Morgan fingerprint density at radius 2 is 1.95 bits per heavy atom. The molecular weight excluding hydrogens is 242 g/mol. The normalized spacial score (nSPS) is 12.4. The standard InChI is InChI=1S/C19H25N/c1-8-9-18(17(6)20(7)13-14(2)3)19-12-15(4)10-11-16(19)5/h8-12H,2,5-6,13H2,1,3-4,7H3/b9-8-,19-18+. The molecule has 0 aromatic heterocycles. The minimum Gasteiger partial charge on any atom is -0.371 e. The second-order valence-electron chi connectivity index (χ2n) is 5.33. The summed E-state index contributed by atoms with van der Waals surface area (Å²) in [6.07, 6.45) is 4.14. The molecule has 0 radical (unpaired) electrons. The second kappa shape index (κ2) is 6.95. The monoisotopic (exact) mass is 267 g/mol. The summed E-state index contributed by atoms with van der Waals surface area (Å²) < 4.78 is 0. The number of likely N-dealkylation sites (N-methyl/N-ethyl adjacent to an activating group) is 1. The van der Waals surface area contributed by atoms with Crippen molar-refractivity contribution >= 4 is 12.2 Å². The molecule has 0 unspecified atom stereocenters. The Bertz CT molecular complexity index is 647. The molecule has 0 saturated heterocycles. The van der Waals surface area contributed by atoms with Crippen LogP contribution in [0.15, 0.2) is 54.8 Å². The molecule has 0 N–H and O–H groups in total. The Hall–Kier alpha value is -2.02. The molecule has 20 heavy (non-hydrogen) atoms. The van der Waals surface area contributed by atoms with Gasteiger partial charge in [0.15, 0.2) is 0 Å². The van der Waals surface area contributed by atoms with Gasteiger partial charge in [-0.1, -0.05) is 61.2 Å². The van der Waals surface area contributed by atoms with E-state index < -0.39 is 0 Å². The lowest BCUT2D eigenvalue weighted by Gasteiger charge is -2.23. The molecule has 0 atom stereocenters. The van der Waals surface area contributed by atoms with Crippen molar-refractivity contribution in [2.45, 2.75) is 20.8 Å². The molecule has 0 saturated carbocycles. The average Bonchev–Trinajstić information content (AvgIpc) is 2.37. The van der Waals surface area contributed by atoms with Crippen LogP contribution in [0.1, 0.15) is 19.4 Å². The van der Waals surface area contributed by atoms with E-state index in [2.05, 4.69) is 55.8 Å². The zero-order valence-electron chi connectivity index (χ0n) is 13.2. The van der Waals surface area contributed by atoms with Crippen molar-refractivity contribution in [3.63, 3.8) is 0 Å². The molecule has 1 aromatic rings. The number of nitrogens with zero attached hydrogens (tertiary/aromatic N) is 1. The third kappa shape index (κ3) is 3.99. The molecule has 0 amide bonds. The summed E-state index contributed by atoms with van der Waals surface area (Å²) in [6, 6.07) is 6.30. The van der Waals surface area contributed by atoms with E-state index in [0.29, 0.717) is 0 Å². The minimum absolute atomic E-state index is 0.804. The quantitative estimate of drug-likeness (QED) is 0.741. The van der Waals surface area contributed by atoms with Gasteiger partial charge in [0.05, 0.1) is 0 Å². The first-order chi connectivity index (χ1) is 9.36. The van der Waals surface area contributed by atoms with E-state index in [0.717, 1.165) is 33.8 Å². The van der Waals surface area contributed by atoms with Gasteiger partial charge in [0.25, 0.3) is 0 Å². The number of rotatable bonds is 5. The van der Waals surface area contributed by atoms with Gasteiger partial charge in [0, 0.05) is 24.9 Å². The first-order valence-corrected chi connectivity index (χ1v) is 6.84. The summed E-state index contributed by atoms with van der Waals surface area (Å²) in [5, 5.41) is 2.16. The van der Waals surface area contributed by atoms with Crippen LogP contribution in [0, 0.1) is 6.92 Å². The predicted molar refractivity (Wildman–Crippen MR) is 90.8 cm³/mol. The molecular formula is C19H25N. The van der Waals surface area contributed by atoms with E-state index in [1.54, 1.807) is 0 Å². The van der Waals surface area contributed by atoms with Crippen LogP contribution in [-0.4, -0.2) is 18.5 Å². The van der Waals surface area contributed by atoms with E-state index >= 15 is 0 Å². The van der Waals surface area contributed by atoms with Crippen LogP contribution in [0.25, 0.3) is 12.2 Å². The number of benzene rings is 1. The summed E-state index contributed by atoms with van der Waals surface area (Å²) in [7, 11) is 2.04. The average molecular weight is 267 g/mol. The topological polar surface area (TPSA) is 3.24 Å². The van der Waals surface area contributed by atoms with Gasteiger partial charge in [0.2, 0.25) is 0 Å². The first-order valence-electron chi connectivity index (χ1n) is 6.84. The van der Waals surface area contributed by atoms with E-state index in [4.69, 9.17) is 0 Å². The zero-order chi connectivity index (χ0) is 15.3. The summed E-state index contributed by atoms with van der Waals surface area (Å²) in [5.74, 6) is 0. The summed E-state index contributed by atoms with van der Waals surface area (Å²) in [4.78, 5) is 2.12. The minimum atomic E-state index is 0.804. The van der Waals surface area contributed by atoms with Crippen molar-refractivity contribution in [2.24, 2.45) is 0 Å². The fourth-order valence-corrected chi connectivity index (χ4v) is 2.16. The maximum absolute atomic E-state index is 4.24. The van der Waals surface area contributed by atoms with Crippen molar-refractivity contribution in [3.05, 3.63) is 70.8 Å². The highest BCUT2D eigenvalue weighted by atomic mass is 15.1. The third-order valence-corrected chi connectivity index (χ3v) is 3.17. The Kier molecular flexibility index (Phi) is 5.57. The van der Waals surface area contributed by atoms with E-state index in [1.165, 1.54) is 5.56 Å². The van der Waals surface area contributed by atoms with Crippen molar-refractivity contribution in [2.75, 3.05) is 13.6 Å². The van der Waals surface area contributed by atoms with E-state index in [-0.39, 0.29) is 0 Å². The first kappa shape index (κ1) is 16.0. The molecule has 0 bridgehead atoms. The van der Waals surface area contributed by atoms with Gasteiger partial charge >= 0.3 is 0 Å². The van der Waals surface area contributed by atoms with Gasteiger partial charge in [-0.3, -0.25) is 0 Å². The number of hydrogen-bond acceptors (Lipinski definition) is 1. The Morgan fingerprint density at radius 3 is 2.50 bits per heavy atom. The van der Waals surface area contributed by atoms with Crippen LogP contribution >= 0.6 is 0 Å². The van der Waals surface area contributed by atoms with Gasteiger partial charge in [-0.25, -0.2) is 0 Å². The molecule has 0 spiro atoms. The lowest BCUT2D eigenvalue weighted by atomic mass is 10.0. The molecule has 0 aliphatic heterocycles. The highest BCUT2D eigenvalue weighted by molar-refractivity contribution is 5.71. The molecule has 0 aliphatic carbocycles. The van der Waals surface area contributed by atoms with Gasteiger partial charge in [-0.2, -0.15) is 0 Å². The van der Waals surface area contributed by atoms with Crippen LogP contribution in [0.4, 0.5) is 0 Å². The number of aryl methyl sites for hydroxylation is 1. The smallest absolute Gasteiger partial charge is 0.0380 e. The molecule has 0 aliphatic rings. The van der Waals surface area contributed by atoms with Gasteiger partial charge < -0.3 is 4.90 Å². The summed E-state index contributed by atoms with van der Waals surface area (Å²) in [5.41, 5.74) is 4.45. The second-order valence-corrected chi connectivity index (χ2v) is 5.33. The van der Waals surface area contributed by atoms with Crippen molar-refractivity contribution in [3.8, 4) is 0 Å². The van der Waals surface area contributed by atoms with Crippen LogP contribution in [0.3, 0.4) is 0 Å².